The molecule has 0 amide bonds. The summed E-state index contributed by atoms with van der Waals surface area (Å²) in [5, 5.41) is 11.9. The number of hydrazone groups is 1. The van der Waals surface area contributed by atoms with Crippen molar-refractivity contribution in [3.8, 4) is 0 Å². The van der Waals surface area contributed by atoms with E-state index in [0.717, 1.165) is 6.42 Å². The molecule has 0 spiro atoms. The third kappa shape index (κ3) is 1.48. The fourth-order valence-corrected chi connectivity index (χ4v) is 0.827. The van der Waals surface area contributed by atoms with Crippen LogP contribution in [0.15, 0.2) is 16.9 Å². The highest BCUT2D eigenvalue weighted by Gasteiger charge is 2.14. The van der Waals surface area contributed by atoms with Gasteiger partial charge in [0.25, 0.3) is 0 Å². The van der Waals surface area contributed by atoms with Gasteiger partial charge in [-0.15, -0.1) is 0 Å². The van der Waals surface area contributed by atoms with Crippen LogP contribution in [0.25, 0.3) is 0 Å². The largest absolute Gasteiger partial charge is 0.487 e. The molecule has 0 aliphatic carbocycles. The van der Waals surface area contributed by atoms with Crippen molar-refractivity contribution in [2.24, 2.45) is 10.9 Å². The quantitative estimate of drug-likeness (QED) is 0.313. The fraction of sp³-hybridized carbons (Fsp3) is 0.500. The van der Waals surface area contributed by atoms with Gasteiger partial charge in [0, 0.05) is 6.42 Å². The maximum atomic E-state index is 8.58. The molecule has 1 heterocycles. The second-order valence-electron chi connectivity index (χ2n) is 2.02. The molecule has 10 heavy (non-hydrogen) atoms. The number of aliphatic hydroxyl groups is 1. The Hall–Kier alpha value is -1.03. The lowest BCUT2D eigenvalue weighted by atomic mass is 10.3. The normalized spacial score (nSPS) is 24.9. The molecule has 0 fully saturated rings. The van der Waals surface area contributed by atoms with Crippen molar-refractivity contribution in [3.63, 3.8) is 0 Å². The lowest BCUT2D eigenvalue weighted by Gasteiger charge is -2.04. The van der Waals surface area contributed by atoms with Crippen LogP contribution in [0.4, 0.5) is 0 Å². The molecule has 1 aliphatic heterocycles. The molecule has 3 N–H and O–H groups in total. The molecule has 1 aliphatic rings. The maximum Gasteiger partial charge on any atom is 0.139 e. The van der Waals surface area contributed by atoms with Crippen LogP contribution in [0.2, 0.25) is 0 Å². The summed E-state index contributed by atoms with van der Waals surface area (Å²) < 4.78 is 5.13. The molecule has 0 aromatic rings. The van der Waals surface area contributed by atoms with Crippen LogP contribution >= 0.6 is 0 Å². The van der Waals surface area contributed by atoms with Gasteiger partial charge in [0.05, 0.1) is 6.21 Å². The van der Waals surface area contributed by atoms with E-state index in [1.807, 2.05) is 6.08 Å². The third-order valence-corrected chi connectivity index (χ3v) is 1.29. The molecule has 0 aromatic heterocycles. The van der Waals surface area contributed by atoms with Crippen LogP contribution in [0.5, 0.6) is 0 Å². The van der Waals surface area contributed by atoms with Crippen LogP contribution in [0.3, 0.4) is 0 Å². The summed E-state index contributed by atoms with van der Waals surface area (Å²) in [5.41, 5.74) is 0. The van der Waals surface area contributed by atoms with E-state index in [1.165, 1.54) is 6.21 Å². The molecular weight excluding hydrogens is 132 g/mol. The summed E-state index contributed by atoms with van der Waals surface area (Å²) in [4.78, 5) is 0. The molecule has 1 unspecified atom stereocenters. The summed E-state index contributed by atoms with van der Waals surface area (Å²) in [5.74, 6) is 5.50. The minimum absolute atomic E-state index is 0.0467. The van der Waals surface area contributed by atoms with Crippen molar-refractivity contribution in [1.29, 1.82) is 0 Å². The Morgan fingerprint density at radius 1 is 2.00 bits per heavy atom. The van der Waals surface area contributed by atoms with Crippen molar-refractivity contribution in [2.75, 3.05) is 6.61 Å². The first kappa shape index (κ1) is 7.08. The van der Waals surface area contributed by atoms with E-state index in [1.54, 1.807) is 0 Å². The van der Waals surface area contributed by atoms with Crippen molar-refractivity contribution in [1.82, 2.24) is 0 Å². The minimum atomic E-state index is -0.0767. The SMILES string of the molecule is N/N=C/C1CC=C(CO)O1. The third-order valence-electron chi connectivity index (χ3n) is 1.29. The summed E-state index contributed by atoms with van der Waals surface area (Å²) in [6.07, 6.45) is 4.01. The predicted octanol–water partition coefficient (Wildman–Crippen LogP) is -0.404. The van der Waals surface area contributed by atoms with E-state index < -0.39 is 0 Å². The van der Waals surface area contributed by atoms with Crippen molar-refractivity contribution in [2.45, 2.75) is 12.5 Å². The molecule has 0 radical (unpaired) electrons. The van der Waals surface area contributed by atoms with E-state index >= 15 is 0 Å². The van der Waals surface area contributed by atoms with Gasteiger partial charge >= 0.3 is 0 Å². The van der Waals surface area contributed by atoms with Gasteiger partial charge in [-0.1, -0.05) is 0 Å². The average molecular weight is 142 g/mol. The number of hydrogen-bond donors (Lipinski definition) is 2. The highest BCUT2D eigenvalue weighted by atomic mass is 16.5. The molecule has 1 rings (SSSR count). The van der Waals surface area contributed by atoms with Gasteiger partial charge in [-0.25, -0.2) is 0 Å². The van der Waals surface area contributed by atoms with Gasteiger partial charge in [0.15, 0.2) is 0 Å². The lowest BCUT2D eigenvalue weighted by Crippen LogP contribution is -2.09. The lowest BCUT2D eigenvalue weighted by molar-refractivity contribution is 0.157. The summed E-state index contributed by atoms with van der Waals surface area (Å²) >= 11 is 0. The van der Waals surface area contributed by atoms with Gasteiger partial charge in [0.1, 0.15) is 18.5 Å². The molecule has 1 atom stereocenters. The predicted molar refractivity (Wildman–Crippen MR) is 37.3 cm³/mol. The maximum absolute atomic E-state index is 8.58. The Bertz CT molecular complexity index is 165. The molecular formula is C6H10N2O2. The smallest absolute Gasteiger partial charge is 0.139 e. The van der Waals surface area contributed by atoms with Crippen molar-refractivity contribution < 1.29 is 9.84 Å². The first-order chi connectivity index (χ1) is 4.86. The van der Waals surface area contributed by atoms with E-state index in [0.29, 0.717) is 5.76 Å². The number of nitrogens with zero attached hydrogens (tertiary/aromatic N) is 1. The second kappa shape index (κ2) is 3.22. The van der Waals surface area contributed by atoms with Crippen molar-refractivity contribution in [3.05, 3.63) is 11.8 Å². The highest BCUT2D eigenvalue weighted by molar-refractivity contribution is 5.63. The Kier molecular flexibility index (Phi) is 2.28. The van der Waals surface area contributed by atoms with Crippen LogP contribution in [-0.2, 0) is 4.74 Å². The Morgan fingerprint density at radius 2 is 2.80 bits per heavy atom. The minimum Gasteiger partial charge on any atom is -0.487 e. The highest BCUT2D eigenvalue weighted by Crippen LogP contribution is 2.14. The number of rotatable bonds is 2. The summed E-state index contributed by atoms with van der Waals surface area (Å²) in [7, 11) is 0. The van der Waals surface area contributed by atoms with E-state index in [4.69, 9.17) is 15.7 Å². The molecule has 4 heteroatoms. The standard InChI is InChI=1S/C6H10N2O2/c7-8-3-5-1-2-6(4-9)10-5/h2-3,5,9H,1,4,7H2/b8-3+. The van der Waals surface area contributed by atoms with Crippen LogP contribution in [-0.4, -0.2) is 24.0 Å². The average Bonchev–Trinajstić information content (AvgIpc) is 2.37. The molecule has 0 saturated heterocycles. The Labute approximate surface area is 59.0 Å². The Balaban J connectivity index is 2.36. The Morgan fingerprint density at radius 3 is 3.30 bits per heavy atom. The van der Waals surface area contributed by atoms with Gasteiger partial charge in [-0.3, -0.25) is 0 Å². The molecule has 0 bridgehead atoms. The number of ether oxygens (including phenoxy) is 1. The molecule has 56 valence electrons. The molecule has 4 nitrogen and oxygen atoms in total. The van der Waals surface area contributed by atoms with Crippen LogP contribution < -0.4 is 5.84 Å². The van der Waals surface area contributed by atoms with E-state index in [9.17, 15) is 0 Å². The zero-order chi connectivity index (χ0) is 7.40. The first-order valence-corrected chi connectivity index (χ1v) is 3.06. The van der Waals surface area contributed by atoms with Gasteiger partial charge in [-0.05, 0) is 6.08 Å². The molecule has 0 saturated carbocycles. The first-order valence-electron chi connectivity index (χ1n) is 3.06. The summed E-state index contributed by atoms with van der Waals surface area (Å²) in [6, 6.07) is 0. The summed E-state index contributed by atoms with van der Waals surface area (Å²) in [6.45, 7) is -0.0467. The van der Waals surface area contributed by atoms with Gasteiger partial charge in [-0.2, -0.15) is 5.10 Å². The number of hydrogen-bond acceptors (Lipinski definition) is 4. The second-order valence-corrected chi connectivity index (χ2v) is 2.02. The number of aliphatic hydroxyl groups excluding tert-OH is 1. The van der Waals surface area contributed by atoms with Gasteiger partial charge < -0.3 is 15.7 Å². The topological polar surface area (TPSA) is 67.8 Å². The van der Waals surface area contributed by atoms with Gasteiger partial charge in [0.2, 0.25) is 0 Å². The van der Waals surface area contributed by atoms with Crippen LogP contribution in [0.1, 0.15) is 6.42 Å². The zero-order valence-electron chi connectivity index (χ0n) is 5.53. The zero-order valence-corrected chi connectivity index (χ0v) is 5.53. The van der Waals surface area contributed by atoms with E-state index in [-0.39, 0.29) is 12.7 Å². The fourth-order valence-electron chi connectivity index (χ4n) is 0.827. The molecule has 0 aromatic carbocycles. The monoisotopic (exact) mass is 142 g/mol. The van der Waals surface area contributed by atoms with Crippen LogP contribution in [0, 0.1) is 0 Å². The van der Waals surface area contributed by atoms with Crippen molar-refractivity contribution >= 4 is 6.21 Å². The van der Waals surface area contributed by atoms with E-state index in [2.05, 4.69) is 5.10 Å². The number of nitrogens with two attached hydrogens (primary N) is 1.